The van der Waals surface area contributed by atoms with Gasteiger partial charge in [0.15, 0.2) is 5.96 Å². The maximum Gasteiger partial charge on any atom is 0.195 e. The minimum atomic E-state index is -0.0864. The summed E-state index contributed by atoms with van der Waals surface area (Å²) in [4.78, 5) is 8.91. The maximum absolute atomic E-state index is 6.02. The number of halogens is 1. The molecule has 1 atom stereocenters. The lowest BCUT2D eigenvalue weighted by atomic mass is 10.0. The number of rotatable bonds is 5. The van der Waals surface area contributed by atoms with Gasteiger partial charge in [-0.05, 0) is 42.3 Å². The van der Waals surface area contributed by atoms with E-state index in [1.165, 1.54) is 5.56 Å². The number of fused-ring (bicyclic) bond motifs is 1. The summed E-state index contributed by atoms with van der Waals surface area (Å²) in [6, 6.07) is 17.9. The molecule has 4 N–H and O–H groups in total. The van der Waals surface area contributed by atoms with E-state index in [0.29, 0.717) is 5.96 Å². The Balaban J connectivity index is 1.51. The molecule has 0 saturated heterocycles. The third-order valence-corrected chi connectivity index (χ3v) is 4.73. The summed E-state index contributed by atoms with van der Waals surface area (Å²) in [6.07, 6.45) is 4.66. The van der Waals surface area contributed by atoms with Gasteiger partial charge < -0.3 is 11.1 Å². The number of hydrogen-bond donors (Lipinski definition) is 3. The van der Waals surface area contributed by atoms with Gasteiger partial charge >= 0.3 is 0 Å². The SMILES string of the molecule is NC1=NC(c2cccc3ncccc23)=CC(NCCc2ccc(Cl)cc2)N1. The molecule has 0 saturated carbocycles. The number of nitrogens with two attached hydrogens (primary N) is 1. The van der Waals surface area contributed by atoms with Crippen LogP contribution in [0.1, 0.15) is 11.1 Å². The first-order valence-electron chi connectivity index (χ1n) is 8.83. The van der Waals surface area contributed by atoms with Crippen molar-refractivity contribution in [3.05, 3.63) is 83.0 Å². The van der Waals surface area contributed by atoms with Gasteiger partial charge in [-0.25, -0.2) is 4.99 Å². The molecule has 1 aromatic heterocycles. The summed E-state index contributed by atoms with van der Waals surface area (Å²) in [5.41, 5.74) is 10.1. The second kappa shape index (κ2) is 7.78. The van der Waals surface area contributed by atoms with Crippen molar-refractivity contribution in [2.75, 3.05) is 6.54 Å². The second-order valence-corrected chi connectivity index (χ2v) is 6.81. The van der Waals surface area contributed by atoms with Crippen molar-refractivity contribution in [1.82, 2.24) is 15.6 Å². The molecule has 3 aromatic rings. The van der Waals surface area contributed by atoms with E-state index >= 15 is 0 Å². The van der Waals surface area contributed by atoms with E-state index in [2.05, 4.69) is 32.8 Å². The van der Waals surface area contributed by atoms with Crippen LogP contribution in [-0.2, 0) is 6.42 Å². The molecular formula is C21H20ClN5. The number of nitrogens with zero attached hydrogens (tertiary/aromatic N) is 2. The Hall–Kier alpha value is -2.89. The van der Waals surface area contributed by atoms with Crippen LogP contribution in [0.5, 0.6) is 0 Å². The fourth-order valence-corrected chi connectivity index (χ4v) is 3.29. The summed E-state index contributed by atoms with van der Waals surface area (Å²) in [5, 5.41) is 8.44. The smallest absolute Gasteiger partial charge is 0.195 e. The van der Waals surface area contributed by atoms with E-state index in [-0.39, 0.29) is 6.17 Å². The Kier molecular flexibility index (Phi) is 5.05. The topological polar surface area (TPSA) is 75.3 Å². The summed E-state index contributed by atoms with van der Waals surface area (Å²) >= 11 is 5.93. The van der Waals surface area contributed by atoms with Crippen molar-refractivity contribution in [2.24, 2.45) is 10.7 Å². The van der Waals surface area contributed by atoms with Gasteiger partial charge in [0.2, 0.25) is 0 Å². The van der Waals surface area contributed by atoms with E-state index in [9.17, 15) is 0 Å². The number of aliphatic imine (C=N–C) groups is 1. The highest BCUT2D eigenvalue weighted by atomic mass is 35.5. The molecule has 0 aliphatic carbocycles. The van der Waals surface area contributed by atoms with Gasteiger partial charge in [-0.3, -0.25) is 10.3 Å². The van der Waals surface area contributed by atoms with E-state index in [1.54, 1.807) is 6.20 Å². The highest BCUT2D eigenvalue weighted by molar-refractivity contribution is 6.30. The van der Waals surface area contributed by atoms with E-state index in [1.807, 2.05) is 48.5 Å². The van der Waals surface area contributed by atoms with Gasteiger partial charge in [-0.15, -0.1) is 0 Å². The molecule has 0 fully saturated rings. The summed E-state index contributed by atoms with van der Waals surface area (Å²) < 4.78 is 0. The Morgan fingerprint density at radius 2 is 1.93 bits per heavy atom. The monoisotopic (exact) mass is 377 g/mol. The molecule has 2 heterocycles. The lowest BCUT2D eigenvalue weighted by molar-refractivity contribution is 0.562. The molecule has 1 aliphatic heterocycles. The van der Waals surface area contributed by atoms with Crippen LogP contribution >= 0.6 is 11.6 Å². The lowest BCUT2D eigenvalue weighted by Crippen LogP contribution is -2.49. The number of pyridine rings is 1. The van der Waals surface area contributed by atoms with Gasteiger partial charge in [0.05, 0.1) is 11.2 Å². The van der Waals surface area contributed by atoms with Crippen LogP contribution in [0.2, 0.25) is 5.02 Å². The number of aromatic nitrogens is 1. The molecule has 4 rings (SSSR count). The van der Waals surface area contributed by atoms with Gasteiger partial charge in [-0.1, -0.05) is 41.9 Å². The van der Waals surface area contributed by atoms with E-state index in [4.69, 9.17) is 17.3 Å². The normalized spacial score (nSPS) is 16.6. The van der Waals surface area contributed by atoms with Crippen LogP contribution < -0.4 is 16.4 Å². The highest BCUT2D eigenvalue weighted by Gasteiger charge is 2.16. The van der Waals surface area contributed by atoms with Crippen LogP contribution in [0, 0.1) is 0 Å². The van der Waals surface area contributed by atoms with Gasteiger partial charge in [0, 0.05) is 28.7 Å². The largest absolute Gasteiger partial charge is 0.370 e. The molecule has 136 valence electrons. The highest BCUT2D eigenvalue weighted by Crippen LogP contribution is 2.26. The van der Waals surface area contributed by atoms with Crippen molar-refractivity contribution < 1.29 is 0 Å². The zero-order chi connectivity index (χ0) is 18.6. The zero-order valence-corrected chi connectivity index (χ0v) is 15.4. The molecule has 6 heteroatoms. The average Bonchev–Trinajstić information content (AvgIpc) is 2.69. The summed E-state index contributed by atoms with van der Waals surface area (Å²) in [7, 11) is 0. The molecular weight excluding hydrogens is 358 g/mol. The maximum atomic E-state index is 6.02. The minimum absolute atomic E-state index is 0.0864. The molecule has 1 unspecified atom stereocenters. The first kappa shape index (κ1) is 17.5. The van der Waals surface area contributed by atoms with Crippen LogP contribution in [-0.4, -0.2) is 23.7 Å². The van der Waals surface area contributed by atoms with Crippen LogP contribution in [0.15, 0.2) is 71.9 Å². The predicted molar refractivity (Wildman–Crippen MR) is 111 cm³/mol. The Morgan fingerprint density at radius 1 is 1.07 bits per heavy atom. The number of guanidine groups is 1. The number of hydrogen-bond acceptors (Lipinski definition) is 5. The fourth-order valence-electron chi connectivity index (χ4n) is 3.17. The van der Waals surface area contributed by atoms with Crippen LogP contribution in [0.4, 0.5) is 0 Å². The van der Waals surface area contributed by atoms with E-state index in [0.717, 1.165) is 40.2 Å². The van der Waals surface area contributed by atoms with Crippen LogP contribution in [0.3, 0.4) is 0 Å². The first-order chi connectivity index (χ1) is 13.2. The quantitative estimate of drug-likeness (QED) is 0.637. The lowest BCUT2D eigenvalue weighted by Gasteiger charge is -2.23. The molecule has 0 amide bonds. The zero-order valence-electron chi connectivity index (χ0n) is 14.7. The average molecular weight is 378 g/mol. The fraction of sp³-hybridized carbons (Fsp3) is 0.143. The van der Waals surface area contributed by atoms with Crippen molar-refractivity contribution in [2.45, 2.75) is 12.6 Å². The van der Waals surface area contributed by atoms with Gasteiger partial charge in [0.1, 0.15) is 6.17 Å². The molecule has 0 bridgehead atoms. The third kappa shape index (κ3) is 4.10. The Labute approximate surface area is 163 Å². The van der Waals surface area contributed by atoms with Crippen molar-refractivity contribution in [1.29, 1.82) is 0 Å². The van der Waals surface area contributed by atoms with Crippen molar-refractivity contribution in [3.63, 3.8) is 0 Å². The molecule has 5 nitrogen and oxygen atoms in total. The second-order valence-electron chi connectivity index (χ2n) is 6.38. The predicted octanol–water partition coefficient (Wildman–Crippen LogP) is 3.31. The molecule has 27 heavy (non-hydrogen) atoms. The van der Waals surface area contributed by atoms with Crippen molar-refractivity contribution >= 4 is 34.2 Å². The van der Waals surface area contributed by atoms with Crippen molar-refractivity contribution in [3.8, 4) is 0 Å². The molecule has 1 aliphatic rings. The molecule has 0 radical (unpaired) electrons. The third-order valence-electron chi connectivity index (χ3n) is 4.48. The molecule has 0 spiro atoms. The number of nitrogens with one attached hydrogen (secondary N) is 2. The first-order valence-corrected chi connectivity index (χ1v) is 9.21. The van der Waals surface area contributed by atoms with E-state index < -0.39 is 0 Å². The molecule has 2 aromatic carbocycles. The Morgan fingerprint density at radius 3 is 2.78 bits per heavy atom. The van der Waals surface area contributed by atoms with Gasteiger partial charge in [-0.2, -0.15) is 0 Å². The van der Waals surface area contributed by atoms with Crippen LogP contribution in [0.25, 0.3) is 16.6 Å². The minimum Gasteiger partial charge on any atom is -0.370 e. The summed E-state index contributed by atoms with van der Waals surface area (Å²) in [6.45, 7) is 0.799. The number of benzene rings is 2. The Bertz CT molecular complexity index is 1010. The summed E-state index contributed by atoms with van der Waals surface area (Å²) in [5.74, 6) is 0.400. The van der Waals surface area contributed by atoms with Gasteiger partial charge in [0.25, 0.3) is 0 Å². The standard InChI is InChI=1S/C21H20ClN5/c22-15-8-6-14(7-9-15)10-12-25-20-13-19(26-21(23)27-20)17-3-1-5-18-16(17)4-2-11-24-18/h1-9,11,13,20,25H,10,12H2,(H3,23,26,27).